The zero-order chi connectivity index (χ0) is 26.0. The van der Waals surface area contributed by atoms with Crippen LogP contribution < -0.4 is 11.1 Å². The van der Waals surface area contributed by atoms with Gasteiger partial charge in [0.15, 0.2) is 0 Å². The van der Waals surface area contributed by atoms with Gasteiger partial charge < -0.3 is 21.3 Å². The van der Waals surface area contributed by atoms with Crippen LogP contribution in [0.2, 0.25) is 0 Å². The molecule has 0 bridgehead atoms. The first-order valence-electron chi connectivity index (χ1n) is 11.3. The van der Waals surface area contributed by atoms with Crippen LogP contribution in [0, 0.1) is 0 Å². The topological polar surface area (TPSA) is 108 Å². The van der Waals surface area contributed by atoms with Crippen molar-refractivity contribution in [3.05, 3.63) is 75.5 Å². The summed E-state index contributed by atoms with van der Waals surface area (Å²) < 4.78 is 0. The van der Waals surface area contributed by atoms with Gasteiger partial charge in [-0.3, -0.25) is 4.79 Å². The maximum Gasteiger partial charge on any atom is 0.248 e. The number of amidine groups is 1. The van der Waals surface area contributed by atoms with E-state index >= 15 is 0 Å². The van der Waals surface area contributed by atoms with Gasteiger partial charge in [-0.25, -0.2) is 4.99 Å². The highest BCUT2D eigenvalue weighted by molar-refractivity contribution is 7.12. The van der Waals surface area contributed by atoms with E-state index in [-0.39, 0.29) is 28.0 Å². The van der Waals surface area contributed by atoms with Crippen LogP contribution in [-0.4, -0.2) is 22.0 Å². The lowest BCUT2D eigenvalue weighted by Gasteiger charge is -2.27. The summed E-state index contributed by atoms with van der Waals surface area (Å²) in [5.74, 6) is 0.167. The van der Waals surface area contributed by atoms with E-state index in [9.17, 15) is 15.0 Å². The number of amides is 1. The largest absolute Gasteiger partial charge is 0.507 e. The molecule has 0 saturated carbocycles. The van der Waals surface area contributed by atoms with E-state index in [1.165, 1.54) is 23.5 Å². The third kappa shape index (κ3) is 6.51. The van der Waals surface area contributed by atoms with E-state index < -0.39 is 5.91 Å². The van der Waals surface area contributed by atoms with Crippen LogP contribution in [0.25, 0.3) is 6.08 Å². The molecule has 184 valence electrons. The van der Waals surface area contributed by atoms with Gasteiger partial charge in [0.05, 0.1) is 16.3 Å². The first-order chi connectivity index (χ1) is 16.3. The normalized spacial score (nSPS) is 12.8. The zero-order valence-corrected chi connectivity index (χ0v) is 21.8. The Morgan fingerprint density at radius 3 is 2.17 bits per heavy atom. The van der Waals surface area contributed by atoms with Crippen LogP contribution in [0.5, 0.6) is 11.5 Å². The summed E-state index contributed by atoms with van der Waals surface area (Å²) in [7, 11) is 0. The van der Waals surface area contributed by atoms with Crippen LogP contribution in [0.1, 0.15) is 63.1 Å². The molecular formula is C28H33N3O3S. The molecule has 1 amide bonds. The van der Waals surface area contributed by atoms with E-state index in [1.807, 2.05) is 71.2 Å². The van der Waals surface area contributed by atoms with E-state index in [0.717, 1.165) is 21.6 Å². The quantitative estimate of drug-likeness (QED) is 0.142. The first kappa shape index (κ1) is 26.0. The van der Waals surface area contributed by atoms with Crippen LogP contribution in [0.15, 0.2) is 58.9 Å². The van der Waals surface area contributed by atoms with Gasteiger partial charge in [0.1, 0.15) is 17.3 Å². The molecule has 7 heteroatoms. The second kappa shape index (κ2) is 9.96. The molecule has 3 rings (SSSR count). The molecule has 1 heterocycles. The number of hydrogen-bond donors (Lipinski definition) is 4. The Morgan fingerprint density at radius 2 is 1.63 bits per heavy atom. The maximum absolute atomic E-state index is 12.7. The summed E-state index contributed by atoms with van der Waals surface area (Å²) in [6.07, 6.45) is 3.10. The Bertz CT molecular complexity index is 1240. The molecule has 5 N–H and O–H groups in total. The molecular weight excluding hydrogens is 458 g/mol. The van der Waals surface area contributed by atoms with Crippen molar-refractivity contribution in [1.82, 2.24) is 0 Å². The number of thiophene rings is 1. The highest BCUT2D eigenvalue weighted by atomic mass is 32.1. The molecule has 3 aromatic rings. The van der Waals surface area contributed by atoms with Crippen LogP contribution in [0.4, 0.5) is 11.4 Å². The number of rotatable bonds is 5. The molecule has 0 unspecified atom stereocenters. The minimum absolute atomic E-state index is 0.0740. The smallest absolute Gasteiger partial charge is 0.248 e. The van der Waals surface area contributed by atoms with Gasteiger partial charge in [-0.05, 0) is 64.2 Å². The van der Waals surface area contributed by atoms with Crippen molar-refractivity contribution in [2.24, 2.45) is 10.7 Å². The van der Waals surface area contributed by atoms with Crippen molar-refractivity contribution >= 4 is 40.5 Å². The van der Waals surface area contributed by atoms with E-state index in [2.05, 4.69) is 10.3 Å². The summed E-state index contributed by atoms with van der Waals surface area (Å²) in [6.45, 7) is 12.2. The molecule has 0 atom stereocenters. The third-order valence-corrected chi connectivity index (χ3v) is 6.33. The van der Waals surface area contributed by atoms with Crippen molar-refractivity contribution in [1.29, 1.82) is 0 Å². The van der Waals surface area contributed by atoms with Crippen molar-refractivity contribution in [3.63, 3.8) is 0 Å². The van der Waals surface area contributed by atoms with E-state index in [4.69, 9.17) is 5.73 Å². The Morgan fingerprint density at radius 1 is 1.00 bits per heavy atom. The SMILES string of the molecule is CC(C)(C)c1cc(C=CC(=O)Nc2cc(N=C(N)c3cccs3)ccc2O)cc(C(C)(C)C)c1O. The predicted octanol–water partition coefficient (Wildman–Crippen LogP) is 6.44. The second-order valence-corrected chi connectivity index (χ2v) is 11.4. The number of nitrogens with two attached hydrogens (primary N) is 1. The lowest BCUT2D eigenvalue weighted by molar-refractivity contribution is -0.111. The maximum atomic E-state index is 12.7. The average molecular weight is 492 g/mol. The van der Waals surface area contributed by atoms with Crippen LogP contribution >= 0.6 is 11.3 Å². The van der Waals surface area contributed by atoms with Crippen molar-refractivity contribution in [2.45, 2.75) is 52.4 Å². The standard InChI is InChI=1S/C28H33N3O3S/c1-27(2,3)19-14-17(15-20(25(19)34)28(4,5)6)9-12-24(33)31-21-16-18(10-11-22(21)32)30-26(29)23-8-7-13-35-23/h7-16,32,34H,1-6H3,(H2,29,30)(H,31,33). The van der Waals surface area contributed by atoms with Gasteiger partial charge in [-0.1, -0.05) is 47.6 Å². The molecule has 0 aliphatic heterocycles. The van der Waals surface area contributed by atoms with Crippen molar-refractivity contribution in [3.8, 4) is 11.5 Å². The number of nitrogens with one attached hydrogen (secondary N) is 1. The van der Waals surface area contributed by atoms with E-state index in [0.29, 0.717) is 11.5 Å². The third-order valence-electron chi connectivity index (χ3n) is 5.44. The van der Waals surface area contributed by atoms with Gasteiger partial charge in [0.25, 0.3) is 0 Å². The Balaban J connectivity index is 1.85. The number of nitrogens with zero attached hydrogens (tertiary/aromatic N) is 1. The van der Waals surface area contributed by atoms with Crippen LogP contribution in [-0.2, 0) is 15.6 Å². The summed E-state index contributed by atoms with van der Waals surface area (Å²) >= 11 is 1.48. The van der Waals surface area contributed by atoms with Gasteiger partial charge in [0, 0.05) is 17.2 Å². The Kier molecular flexibility index (Phi) is 7.41. The fourth-order valence-corrected chi connectivity index (χ4v) is 4.18. The Hall–Kier alpha value is -3.58. The highest BCUT2D eigenvalue weighted by Gasteiger charge is 2.26. The number of hydrogen-bond acceptors (Lipinski definition) is 5. The van der Waals surface area contributed by atoms with Gasteiger partial charge in [-0.15, -0.1) is 11.3 Å². The van der Waals surface area contributed by atoms with Crippen LogP contribution in [0.3, 0.4) is 0 Å². The minimum atomic E-state index is -0.407. The number of aliphatic imine (C=N–C) groups is 1. The lowest BCUT2D eigenvalue weighted by Crippen LogP contribution is -2.17. The van der Waals surface area contributed by atoms with Gasteiger partial charge >= 0.3 is 0 Å². The summed E-state index contributed by atoms with van der Waals surface area (Å²) in [5.41, 5.74) is 8.69. The molecule has 2 aromatic carbocycles. The molecule has 35 heavy (non-hydrogen) atoms. The average Bonchev–Trinajstić information content (AvgIpc) is 3.29. The molecule has 0 radical (unpaired) electrons. The number of carbonyl (C=O) groups is 1. The van der Waals surface area contributed by atoms with Gasteiger partial charge in [0.2, 0.25) is 5.91 Å². The number of aromatic hydroxyl groups is 2. The van der Waals surface area contributed by atoms with Crippen molar-refractivity contribution < 1.29 is 15.0 Å². The summed E-state index contributed by atoms with van der Waals surface area (Å²) in [6, 6.07) is 12.2. The number of carbonyl (C=O) groups excluding carboxylic acids is 1. The zero-order valence-electron chi connectivity index (χ0n) is 21.0. The number of anilines is 1. The molecule has 0 aliphatic rings. The lowest BCUT2D eigenvalue weighted by atomic mass is 9.78. The highest BCUT2D eigenvalue weighted by Crippen LogP contribution is 2.40. The number of phenols is 2. The van der Waals surface area contributed by atoms with Gasteiger partial charge in [-0.2, -0.15) is 0 Å². The molecule has 0 aliphatic carbocycles. The Labute approximate surface area is 210 Å². The molecule has 0 spiro atoms. The predicted molar refractivity (Wildman–Crippen MR) is 146 cm³/mol. The molecule has 6 nitrogen and oxygen atoms in total. The fraction of sp³-hybridized carbons (Fsp3) is 0.286. The molecule has 0 fully saturated rings. The number of benzene rings is 2. The second-order valence-electron chi connectivity index (χ2n) is 10.5. The fourth-order valence-electron chi connectivity index (χ4n) is 3.55. The number of phenolic OH excluding ortho intramolecular Hbond substituents is 2. The minimum Gasteiger partial charge on any atom is -0.507 e. The summed E-state index contributed by atoms with van der Waals surface area (Å²) in [5, 5.41) is 25.7. The van der Waals surface area contributed by atoms with E-state index in [1.54, 1.807) is 18.2 Å². The first-order valence-corrected chi connectivity index (χ1v) is 12.2. The molecule has 1 aromatic heterocycles. The molecule has 0 saturated heterocycles. The monoisotopic (exact) mass is 491 g/mol. The summed E-state index contributed by atoms with van der Waals surface area (Å²) in [4.78, 5) is 17.9. The van der Waals surface area contributed by atoms with Crippen molar-refractivity contribution in [2.75, 3.05) is 5.32 Å².